The Morgan fingerprint density at radius 2 is 1.72 bits per heavy atom. The van der Waals surface area contributed by atoms with E-state index in [0.29, 0.717) is 6.42 Å². The molecular weight excluding hydrogens is 625 g/mol. The highest BCUT2D eigenvalue weighted by molar-refractivity contribution is 5.96. The average molecular weight is 657 g/mol. The average Bonchev–Trinajstić information content (AvgIpc) is 3.00. The molecule has 3 aromatic rings. The van der Waals surface area contributed by atoms with Gasteiger partial charge in [-0.3, -0.25) is 4.79 Å². The minimum Gasteiger partial charge on any atom is -0.448 e. The number of benzene rings is 3. The maximum Gasteiger partial charge on any atom is 0.407 e. The zero-order chi connectivity index (χ0) is 33.4. The molecule has 1 aliphatic heterocycles. The summed E-state index contributed by atoms with van der Waals surface area (Å²) in [4.78, 5) is 24.8. The van der Waals surface area contributed by atoms with Crippen molar-refractivity contribution in [3.8, 4) is 0 Å². The number of alkyl halides is 3. The van der Waals surface area contributed by atoms with Gasteiger partial charge in [-0.15, -0.1) is 0 Å². The SMILES string of the molecule is N[C@H](C(=O)Nc1cccc(F)c1CC[C@@H]1CN[C@H](COC(=O)NCC(F)(F)F)CO1)[C@H](c1cccc(F)c1)c1ccc(F)c(F)c1. The lowest BCUT2D eigenvalue weighted by Gasteiger charge is -2.30. The van der Waals surface area contributed by atoms with Crippen LogP contribution in [0.25, 0.3) is 0 Å². The Bertz CT molecular complexity index is 1520. The minimum absolute atomic E-state index is 0.0678. The van der Waals surface area contributed by atoms with Crippen molar-refractivity contribution in [2.24, 2.45) is 5.73 Å². The van der Waals surface area contributed by atoms with Crippen LogP contribution in [0.15, 0.2) is 60.7 Å². The molecule has 0 radical (unpaired) electrons. The molecule has 4 atom stereocenters. The first kappa shape index (κ1) is 34.7. The summed E-state index contributed by atoms with van der Waals surface area (Å²) in [5, 5.41) is 7.26. The molecule has 0 spiro atoms. The number of anilines is 1. The summed E-state index contributed by atoms with van der Waals surface area (Å²) in [6, 6.07) is 10.3. The lowest BCUT2D eigenvalue weighted by Crippen LogP contribution is -2.49. The normalized spacial score (nSPS) is 18.0. The van der Waals surface area contributed by atoms with Crippen LogP contribution in [0.3, 0.4) is 0 Å². The number of alkyl carbamates (subject to hydrolysis) is 1. The first-order chi connectivity index (χ1) is 21.8. The van der Waals surface area contributed by atoms with E-state index in [4.69, 9.17) is 15.2 Å². The Hall–Kier alpha value is -4.21. The zero-order valence-electron chi connectivity index (χ0n) is 24.2. The Morgan fingerprint density at radius 1 is 0.978 bits per heavy atom. The lowest BCUT2D eigenvalue weighted by molar-refractivity contribution is -0.124. The predicted octanol–water partition coefficient (Wildman–Crippen LogP) is 4.92. The van der Waals surface area contributed by atoms with Gasteiger partial charge in [0.15, 0.2) is 11.6 Å². The van der Waals surface area contributed by atoms with Crippen molar-refractivity contribution >= 4 is 17.7 Å². The van der Waals surface area contributed by atoms with Gasteiger partial charge in [0.25, 0.3) is 0 Å². The molecule has 5 N–H and O–H groups in total. The number of hydrogen-bond acceptors (Lipinski definition) is 6. The Kier molecular flexibility index (Phi) is 11.6. The number of hydrogen-bond donors (Lipinski definition) is 4. The van der Waals surface area contributed by atoms with Crippen LogP contribution in [0.5, 0.6) is 0 Å². The molecule has 1 heterocycles. The van der Waals surface area contributed by atoms with E-state index in [1.807, 2.05) is 0 Å². The van der Waals surface area contributed by atoms with E-state index in [1.54, 1.807) is 5.32 Å². The van der Waals surface area contributed by atoms with E-state index >= 15 is 0 Å². The first-order valence-electron chi connectivity index (χ1n) is 14.2. The second kappa shape index (κ2) is 15.4. The molecule has 0 bridgehead atoms. The Labute approximate surface area is 259 Å². The van der Waals surface area contributed by atoms with Gasteiger partial charge >= 0.3 is 12.3 Å². The molecule has 1 saturated heterocycles. The van der Waals surface area contributed by atoms with Crippen LogP contribution in [0.4, 0.5) is 41.2 Å². The molecule has 2 amide bonds. The molecule has 8 nitrogen and oxygen atoms in total. The highest BCUT2D eigenvalue weighted by Crippen LogP contribution is 2.30. The fourth-order valence-corrected chi connectivity index (χ4v) is 4.98. The lowest BCUT2D eigenvalue weighted by atomic mass is 9.84. The molecule has 3 aromatic carbocycles. The summed E-state index contributed by atoms with van der Waals surface area (Å²) in [7, 11) is 0. The van der Waals surface area contributed by atoms with Crippen molar-refractivity contribution < 1.29 is 49.8 Å². The summed E-state index contributed by atoms with van der Waals surface area (Å²) < 4.78 is 104. The van der Waals surface area contributed by atoms with E-state index in [-0.39, 0.29) is 48.6 Å². The minimum atomic E-state index is -4.57. The van der Waals surface area contributed by atoms with E-state index in [9.17, 15) is 40.3 Å². The molecule has 1 fully saturated rings. The van der Waals surface area contributed by atoms with Gasteiger partial charge in [0.2, 0.25) is 5.91 Å². The predicted molar refractivity (Wildman–Crippen MR) is 153 cm³/mol. The number of halogens is 7. The standard InChI is InChI=1S/C31H31F7N4O4/c32-19-4-1-3-17(11-19)27(18-7-10-24(34)25(35)12-18)28(39)29(43)42-26-6-2-5-23(33)22(26)9-8-21-13-40-20(14-45-21)15-46-30(44)41-16-31(36,37)38/h1-7,10-12,20-21,27-28,40H,8-9,13-16,39H2,(H,41,44)(H,42,43)/t20-,21+,27+,28-/m0/s1. The van der Waals surface area contributed by atoms with E-state index in [1.165, 1.54) is 42.5 Å². The fourth-order valence-electron chi connectivity index (χ4n) is 4.98. The molecular formula is C31H31F7N4O4. The second-order valence-electron chi connectivity index (χ2n) is 10.7. The quantitative estimate of drug-likeness (QED) is 0.218. The van der Waals surface area contributed by atoms with E-state index < -0.39 is 72.1 Å². The first-order valence-corrected chi connectivity index (χ1v) is 14.2. The van der Waals surface area contributed by atoms with Gasteiger partial charge in [-0.25, -0.2) is 22.4 Å². The maximum atomic E-state index is 15.0. The topological polar surface area (TPSA) is 115 Å². The van der Waals surface area contributed by atoms with Crippen molar-refractivity contribution in [1.29, 1.82) is 0 Å². The Morgan fingerprint density at radius 3 is 2.39 bits per heavy atom. The van der Waals surface area contributed by atoms with Crippen LogP contribution in [0, 0.1) is 23.3 Å². The maximum absolute atomic E-state index is 15.0. The third kappa shape index (κ3) is 9.64. The molecule has 248 valence electrons. The third-order valence-electron chi connectivity index (χ3n) is 7.28. The summed E-state index contributed by atoms with van der Waals surface area (Å²) >= 11 is 0. The van der Waals surface area contributed by atoms with Gasteiger partial charge in [0.05, 0.1) is 24.8 Å². The monoisotopic (exact) mass is 656 g/mol. The number of nitrogens with two attached hydrogens (primary N) is 1. The summed E-state index contributed by atoms with van der Waals surface area (Å²) in [6.45, 7) is -1.42. The van der Waals surface area contributed by atoms with E-state index in [2.05, 4.69) is 10.6 Å². The van der Waals surface area contributed by atoms with Gasteiger partial charge < -0.3 is 31.2 Å². The third-order valence-corrected chi connectivity index (χ3v) is 7.28. The summed E-state index contributed by atoms with van der Waals surface area (Å²) in [6.07, 6.45) is -5.79. The van der Waals surface area contributed by atoms with Gasteiger partial charge in [-0.05, 0) is 60.4 Å². The molecule has 0 aliphatic carbocycles. The van der Waals surface area contributed by atoms with Crippen molar-refractivity contribution in [3.63, 3.8) is 0 Å². The number of rotatable bonds is 11. The molecule has 0 aromatic heterocycles. The highest BCUT2D eigenvalue weighted by Gasteiger charge is 2.31. The molecule has 0 saturated carbocycles. The summed E-state index contributed by atoms with van der Waals surface area (Å²) in [5.41, 5.74) is 6.95. The number of carbonyl (C=O) groups is 2. The zero-order valence-corrected chi connectivity index (χ0v) is 24.2. The number of nitrogens with one attached hydrogen (secondary N) is 3. The molecule has 46 heavy (non-hydrogen) atoms. The van der Waals surface area contributed by atoms with Crippen LogP contribution in [0.2, 0.25) is 0 Å². The second-order valence-corrected chi connectivity index (χ2v) is 10.7. The molecule has 15 heteroatoms. The molecule has 0 unspecified atom stereocenters. The van der Waals surface area contributed by atoms with Crippen LogP contribution in [-0.2, 0) is 20.7 Å². The summed E-state index contributed by atoms with van der Waals surface area (Å²) in [5.74, 6) is -5.41. The van der Waals surface area contributed by atoms with E-state index in [0.717, 1.165) is 18.2 Å². The van der Waals surface area contributed by atoms with Crippen molar-refractivity contribution in [2.45, 2.75) is 43.1 Å². The van der Waals surface area contributed by atoms with Crippen molar-refractivity contribution in [3.05, 3.63) is 101 Å². The van der Waals surface area contributed by atoms with Crippen molar-refractivity contribution in [2.75, 3.05) is 31.6 Å². The van der Waals surface area contributed by atoms with Crippen LogP contribution >= 0.6 is 0 Å². The van der Waals surface area contributed by atoms with Gasteiger partial charge in [-0.1, -0.05) is 24.3 Å². The van der Waals surface area contributed by atoms with Crippen LogP contribution in [0.1, 0.15) is 29.0 Å². The van der Waals surface area contributed by atoms with Gasteiger partial charge in [0.1, 0.15) is 24.8 Å². The molecule has 1 aliphatic rings. The van der Waals surface area contributed by atoms with Crippen LogP contribution in [-0.4, -0.2) is 62.7 Å². The molecule has 4 rings (SSSR count). The number of ether oxygens (including phenoxy) is 2. The fraction of sp³-hybridized carbons (Fsp3) is 0.355. The van der Waals surface area contributed by atoms with Gasteiger partial charge in [0, 0.05) is 23.7 Å². The number of morpholine rings is 1. The largest absolute Gasteiger partial charge is 0.448 e. The number of carbonyl (C=O) groups excluding carboxylic acids is 2. The van der Waals surface area contributed by atoms with Crippen LogP contribution < -0.4 is 21.7 Å². The smallest absolute Gasteiger partial charge is 0.407 e. The van der Waals surface area contributed by atoms with Gasteiger partial charge in [-0.2, -0.15) is 13.2 Å². The number of amides is 2. The van der Waals surface area contributed by atoms with Crippen molar-refractivity contribution in [1.82, 2.24) is 10.6 Å². The highest BCUT2D eigenvalue weighted by atomic mass is 19.4. The Balaban J connectivity index is 1.38.